The average molecular weight is 1530 g/mol. The molecule has 3 aliphatic rings. The van der Waals surface area contributed by atoms with E-state index in [1.165, 1.54) is 50.3 Å². The lowest BCUT2D eigenvalue weighted by Gasteiger charge is -2.30. The van der Waals surface area contributed by atoms with Gasteiger partial charge in [0.05, 0.1) is 117 Å². The topological polar surface area (TPSA) is 253 Å². The lowest BCUT2D eigenvalue weighted by atomic mass is 10.0. The van der Waals surface area contributed by atoms with Crippen molar-refractivity contribution in [1.29, 1.82) is 0 Å². The molecular weight excluding hydrogens is 1450 g/mol. The number of pyridine rings is 6. The second-order valence-electron chi connectivity index (χ2n) is 27.3. The summed E-state index contributed by atoms with van der Waals surface area (Å²) in [5.74, 6) is 0.117. The van der Waals surface area contributed by atoms with Crippen molar-refractivity contribution in [3.05, 3.63) is 215 Å². The Bertz CT molecular complexity index is 5430. The number of fused-ring (bicyclic) bond motifs is 6. The van der Waals surface area contributed by atoms with Gasteiger partial charge in [-0.1, -0.05) is 115 Å². The quantitative estimate of drug-likeness (QED) is 0.0722. The second-order valence-corrected chi connectivity index (χ2v) is 33.7. The molecule has 3 N–H and O–H groups in total. The van der Waals surface area contributed by atoms with E-state index in [1.807, 2.05) is 173 Å². The summed E-state index contributed by atoms with van der Waals surface area (Å²) < 4.78 is 139. The highest BCUT2D eigenvalue weighted by Crippen LogP contribution is 2.39. The van der Waals surface area contributed by atoms with Crippen molar-refractivity contribution >= 4 is 124 Å². The molecule has 9 heterocycles. The van der Waals surface area contributed by atoms with Crippen LogP contribution in [0.1, 0.15) is 100 Å². The molecule has 0 bridgehead atoms. The molecule has 0 saturated carbocycles. The first kappa shape index (κ1) is 75.6. The Kier molecular flexibility index (Phi) is 22.7. The number of ether oxygens (including phenoxy) is 3. The molecule has 0 unspecified atom stereocenters. The van der Waals surface area contributed by atoms with E-state index in [9.17, 15) is 38.4 Å². The number of anilines is 3. The van der Waals surface area contributed by atoms with Crippen molar-refractivity contribution < 1.29 is 52.6 Å². The third-order valence-electron chi connectivity index (χ3n) is 19.6. The van der Waals surface area contributed by atoms with Crippen LogP contribution in [0.4, 0.5) is 30.2 Å². The van der Waals surface area contributed by atoms with Gasteiger partial charge in [0.1, 0.15) is 18.3 Å². The normalized spacial score (nSPS) is 16.4. The Morgan fingerprint density at radius 1 is 0.411 bits per heavy atom. The zero-order chi connectivity index (χ0) is 75.5. The number of rotatable bonds is 18. The molecule has 0 radical (unpaired) electrons. The molecule has 3 saturated heterocycles. The molecule has 0 spiro atoms. The van der Waals surface area contributed by atoms with E-state index < -0.39 is 47.5 Å². The van der Waals surface area contributed by atoms with Crippen LogP contribution in [0.25, 0.3) is 65.0 Å². The predicted octanol–water partition coefficient (Wildman–Crippen LogP) is 15.7. The van der Waals surface area contributed by atoms with Crippen LogP contribution >= 0.6 is 11.6 Å². The predicted molar refractivity (Wildman–Crippen MR) is 416 cm³/mol. The van der Waals surface area contributed by atoms with Gasteiger partial charge in [0.15, 0.2) is 17.5 Å². The Morgan fingerprint density at radius 3 is 1.11 bits per heavy atom. The molecule has 3 fully saturated rings. The first-order chi connectivity index (χ1) is 51.2. The van der Waals surface area contributed by atoms with Crippen LogP contribution in [0.3, 0.4) is 0 Å². The second kappa shape index (κ2) is 32.1. The van der Waals surface area contributed by atoms with Gasteiger partial charge < -0.3 is 30.2 Å². The van der Waals surface area contributed by atoms with Gasteiger partial charge in [0.25, 0.3) is 0 Å². The van der Waals surface area contributed by atoms with Crippen LogP contribution in [0.2, 0.25) is 5.02 Å². The summed E-state index contributed by atoms with van der Waals surface area (Å²) in [5, 5.41) is 17.8. The standard InChI is InChI=1S/C27H29FN4O3S.C26H26ClFN4O3S.C26H27FN4O3S/c1-17-7-6-8-19-15-24(18(2)30-26-21-9-4-5-10-23(21)29-16-22(26)28)31-27(25(17)19)35-20-11-13-32(14-12-20)36(3,33)34;1-16(30-25-19-7-3-4-9-22(19)29-15-21(25)28)23-14-17-6-5-8-20(27)24(17)26(31-23)35-18-10-12-32(13-11-18)36(2,33)34;1-17(29-25-21-9-5-6-10-23(21)28-16-22(25)27)24-15-18-7-3-4-8-20(18)26(30-24)34-19-11-13-31(14-12-19)35(2,32)33/h4-10,15-16,18,20H,11-14H2,1-3H3,(H,29,30);3-9,14-16,18H,10-13H2,1-2H3,(H,29,30);3-10,15-17,19H,11-14H2,1-2H3,(H,28,29)/t18-;16-;17-/m000/s1. The SMILES string of the molecule is C[C@H](Nc1c(F)cnc2ccccc12)c1cc2cccc(Cl)c2c(OC2CCN(S(C)(=O)=O)CC2)n1.C[C@H](Nc1c(F)cnc2ccccc12)c1cc2ccccc2c(OC2CCN(S(C)(=O)=O)CC2)n1.Cc1cccc2cc([C@H](C)Nc3c(F)cnc4ccccc34)nc(OC3CCN(S(C)(=O)=O)CC3)c12. The molecule has 3 aliphatic heterocycles. The third-order valence-corrected chi connectivity index (χ3v) is 23.8. The first-order valence-corrected chi connectivity index (χ1v) is 41.3. The summed E-state index contributed by atoms with van der Waals surface area (Å²) in [6.07, 6.45) is 10.3. The number of aromatic nitrogens is 6. The van der Waals surface area contributed by atoms with Crippen molar-refractivity contribution in [3.63, 3.8) is 0 Å². The fourth-order valence-electron chi connectivity index (χ4n) is 13.8. The Labute approximate surface area is 625 Å². The van der Waals surface area contributed by atoms with Gasteiger partial charge in [0.2, 0.25) is 47.7 Å². The number of piperidine rings is 3. The number of para-hydroxylation sites is 3. The van der Waals surface area contributed by atoms with Gasteiger partial charge in [-0.3, -0.25) is 15.0 Å². The minimum atomic E-state index is -3.23. The molecule has 0 amide bonds. The number of nitrogens with one attached hydrogen (secondary N) is 3. The summed E-state index contributed by atoms with van der Waals surface area (Å²) in [5.41, 5.74) is 6.37. The highest BCUT2D eigenvalue weighted by atomic mass is 35.5. The maximum atomic E-state index is 14.8. The minimum Gasteiger partial charge on any atom is -0.474 e. The Balaban J connectivity index is 0.000000142. The molecular formula is C79H82ClF3N12O9S3. The van der Waals surface area contributed by atoms with E-state index in [0.29, 0.717) is 167 Å². The van der Waals surface area contributed by atoms with E-state index in [1.54, 1.807) is 6.07 Å². The molecule has 107 heavy (non-hydrogen) atoms. The molecule has 0 aliphatic carbocycles. The highest BCUT2D eigenvalue weighted by Gasteiger charge is 2.32. The number of benzene rings is 6. The van der Waals surface area contributed by atoms with Gasteiger partial charge >= 0.3 is 0 Å². The van der Waals surface area contributed by atoms with Gasteiger partial charge in [-0.05, 0) is 136 Å². The fraction of sp³-hybridized carbons (Fsp3) is 0.316. The fourth-order valence-corrected chi connectivity index (χ4v) is 16.7. The molecule has 12 aromatic rings. The molecule has 21 nitrogen and oxygen atoms in total. The van der Waals surface area contributed by atoms with E-state index in [4.69, 9.17) is 40.8 Å². The zero-order valence-corrected chi connectivity index (χ0v) is 63.3. The maximum Gasteiger partial charge on any atom is 0.223 e. The largest absolute Gasteiger partial charge is 0.474 e. The Hall–Kier alpha value is -9.61. The van der Waals surface area contributed by atoms with Crippen LogP contribution in [-0.4, -0.2) is 144 Å². The first-order valence-electron chi connectivity index (χ1n) is 35.3. The van der Waals surface area contributed by atoms with Crippen molar-refractivity contribution in [1.82, 2.24) is 42.8 Å². The van der Waals surface area contributed by atoms with Gasteiger partial charge in [-0.25, -0.2) is 66.3 Å². The van der Waals surface area contributed by atoms with Crippen LogP contribution in [0.5, 0.6) is 17.6 Å². The smallest absolute Gasteiger partial charge is 0.223 e. The van der Waals surface area contributed by atoms with E-state index in [0.717, 1.165) is 38.2 Å². The number of sulfonamides is 3. The van der Waals surface area contributed by atoms with E-state index in [-0.39, 0.29) is 36.4 Å². The summed E-state index contributed by atoms with van der Waals surface area (Å²) in [7, 11) is -9.65. The van der Waals surface area contributed by atoms with Gasteiger partial charge in [-0.15, -0.1) is 0 Å². The van der Waals surface area contributed by atoms with Gasteiger partial charge in [0, 0.05) is 66.2 Å². The van der Waals surface area contributed by atoms with Crippen LogP contribution in [-0.2, 0) is 30.1 Å². The van der Waals surface area contributed by atoms with Crippen molar-refractivity contribution in [2.24, 2.45) is 0 Å². The zero-order valence-electron chi connectivity index (χ0n) is 60.1. The van der Waals surface area contributed by atoms with Crippen LogP contribution < -0.4 is 30.2 Å². The van der Waals surface area contributed by atoms with Crippen molar-refractivity contribution in [2.75, 3.05) is 74.0 Å². The molecule has 6 aromatic carbocycles. The van der Waals surface area contributed by atoms with Crippen molar-refractivity contribution in [2.45, 2.75) is 103 Å². The lowest BCUT2D eigenvalue weighted by molar-refractivity contribution is 0.131. The van der Waals surface area contributed by atoms with E-state index in [2.05, 4.69) is 30.9 Å². The summed E-state index contributed by atoms with van der Waals surface area (Å²) in [6, 6.07) is 46.5. The number of halogens is 4. The molecule has 6 aromatic heterocycles. The summed E-state index contributed by atoms with van der Waals surface area (Å²) in [4.78, 5) is 27.0. The third kappa shape index (κ3) is 17.5. The summed E-state index contributed by atoms with van der Waals surface area (Å²) in [6.45, 7) is 10.3. The summed E-state index contributed by atoms with van der Waals surface area (Å²) >= 11 is 6.53. The van der Waals surface area contributed by atoms with E-state index >= 15 is 0 Å². The number of hydrogen-bond donors (Lipinski definition) is 3. The monoisotopic (exact) mass is 1530 g/mol. The Morgan fingerprint density at radius 2 is 0.720 bits per heavy atom. The molecule has 28 heteroatoms. The average Bonchev–Trinajstić information content (AvgIpc) is 0.787. The molecule has 3 atom stereocenters. The number of nitrogens with zero attached hydrogens (tertiary/aromatic N) is 9. The number of aryl methyl sites for hydroxylation is 1. The highest BCUT2D eigenvalue weighted by molar-refractivity contribution is 7.88. The van der Waals surface area contributed by atoms with Gasteiger partial charge in [-0.2, -0.15) is 0 Å². The lowest BCUT2D eigenvalue weighted by Crippen LogP contribution is -2.41. The van der Waals surface area contributed by atoms with Crippen molar-refractivity contribution in [3.8, 4) is 17.6 Å². The number of hydrogen-bond acceptors (Lipinski definition) is 18. The molecule has 15 rings (SSSR count). The van der Waals surface area contributed by atoms with Crippen LogP contribution in [0, 0.1) is 24.4 Å². The minimum absolute atomic E-state index is 0.135. The molecule has 558 valence electrons. The maximum absolute atomic E-state index is 14.8. The van der Waals surface area contributed by atoms with Crippen LogP contribution in [0.15, 0.2) is 170 Å².